The average molecular weight is 374 g/mol. The van der Waals surface area contributed by atoms with Gasteiger partial charge in [0.15, 0.2) is 0 Å². The van der Waals surface area contributed by atoms with Crippen molar-refractivity contribution in [1.29, 1.82) is 0 Å². The summed E-state index contributed by atoms with van der Waals surface area (Å²) in [6, 6.07) is 13.3. The van der Waals surface area contributed by atoms with E-state index in [9.17, 15) is 9.18 Å². The Labute approximate surface area is 152 Å². The predicted molar refractivity (Wildman–Crippen MR) is 99.7 cm³/mol. The number of carbonyl (C=O) groups excluding carboxylic acids is 1. The van der Waals surface area contributed by atoms with Gasteiger partial charge >= 0.3 is 6.03 Å². The Morgan fingerprint density at radius 3 is 2.52 bits per heavy atom. The third kappa shape index (κ3) is 5.27. The molecule has 0 aliphatic carbocycles. The zero-order valence-electron chi connectivity index (χ0n) is 13.3. The van der Waals surface area contributed by atoms with Crippen LogP contribution in [0.5, 0.6) is 0 Å². The van der Waals surface area contributed by atoms with Crippen LogP contribution in [0.25, 0.3) is 0 Å². The fourth-order valence-electron chi connectivity index (χ4n) is 1.93. The Hall–Kier alpha value is -2.45. The minimum absolute atomic E-state index is 0.356. The summed E-state index contributed by atoms with van der Waals surface area (Å²) >= 11 is 2.98. The molecular formula is C17H15FN4OS2. The maximum absolute atomic E-state index is 12.8. The number of urea groups is 1. The Balaban J connectivity index is 1.51. The van der Waals surface area contributed by atoms with Crippen molar-refractivity contribution in [2.24, 2.45) is 0 Å². The molecule has 3 aromatic rings. The lowest BCUT2D eigenvalue weighted by Crippen LogP contribution is -2.19. The van der Waals surface area contributed by atoms with Gasteiger partial charge in [0.05, 0.1) is 5.75 Å². The maximum atomic E-state index is 12.8. The summed E-state index contributed by atoms with van der Waals surface area (Å²) in [6.07, 6.45) is 0. The molecule has 2 amide bonds. The topological polar surface area (TPSA) is 66.9 Å². The SMILES string of the molecule is Cc1ccc(SCc2nnc(NC(=O)Nc3ccc(F)cc3)s2)cc1. The lowest BCUT2D eigenvalue weighted by atomic mass is 10.2. The van der Waals surface area contributed by atoms with E-state index in [1.54, 1.807) is 11.8 Å². The van der Waals surface area contributed by atoms with Gasteiger partial charge in [0, 0.05) is 10.6 Å². The largest absolute Gasteiger partial charge is 0.325 e. The van der Waals surface area contributed by atoms with E-state index in [0.29, 0.717) is 16.6 Å². The number of halogens is 1. The van der Waals surface area contributed by atoms with Crippen LogP contribution in [0.15, 0.2) is 53.4 Å². The van der Waals surface area contributed by atoms with Crippen molar-refractivity contribution in [3.05, 3.63) is 64.9 Å². The van der Waals surface area contributed by atoms with Crippen molar-refractivity contribution in [1.82, 2.24) is 10.2 Å². The van der Waals surface area contributed by atoms with Crippen LogP contribution in [0.3, 0.4) is 0 Å². The minimum atomic E-state index is -0.444. The van der Waals surface area contributed by atoms with Crippen molar-refractivity contribution in [3.8, 4) is 0 Å². The van der Waals surface area contributed by atoms with Crippen LogP contribution in [-0.2, 0) is 5.75 Å². The number of hydrogen-bond acceptors (Lipinski definition) is 5. The molecule has 0 radical (unpaired) electrons. The zero-order valence-corrected chi connectivity index (χ0v) is 15.0. The molecule has 8 heteroatoms. The second-order valence-electron chi connectivity index (χ2n) is 5.19. The number of amides is 2. The molecule has 2 N–H and O–H groups in total. The van der Waals surface area contributed by atoms with Crippen LogP contribution in [0, 0.1) is 12.7 Å². The van der Waals surface area contributed by atoms with Crippen molar-refractivity contribution < 1.29 is 9.18 Å². The Bertz CT molecular complexity index is 850. The molecule has 0 saturated heterocycles. The predicted octanol–water partition coefficient (Wildman–Crippen LogP) is 4.92. The van der Waals surface area contributed by atoms with E-state index in [2.05, 4.69) is 45.1 Å². The second kappa shape index (κ2) is 8.09. The molecule has 0 unspecified atom stereocenters. The van der Waals surface area contributed by atoms with Crippen molar-refractivity contribution in [2.75, 3.05) is 10.6 Å². The summed E-state index contributed by atoms with van der Waals surface area (Å²) in [6.45, 7) is 2.05. The van der Waals surface area contributed by atoms with Gasteiger partial charge in [-0.05, 0) is 43.3 Å². The molecule has 0 aliphatic heterocycles. The average Bonchev–Trinajstić information content (AvgIpc) is 3.04. The maximum Gasteiger partial charge on any atom is 0.325 e. The molecule has 0 atom stereocenters. The number of benzene rings is 2. The quantitative estimate of drug-likeness (QED) is 0.622. The molecule has 0 aliphatic rings. The number of thioether (sulfide) groups is 1. The standard InChI is InChI=1S/C17H15FN4OS2/c1-11-2-8-14(9-3-11)24-10-15-21-22-17(25-15)20-16(23)19-13-6-4-12(18)5-7-13/h2-9H,10H2,1H3,(H2,19,20,22,23). The van der Waals surface area contributed by atoms with Gasteiger partial charge in [-0.15, -0.1) is 22.0 Å². The lowest BCUT2D eigenvalue weighted by Gasteiger charge is -2.04. The molecule has 5 nitrogen and oxygen atoms in total. The monoisotopic (exact) mass is 374 g/mol. The van der Waals surface area contributed by atoms with Crippen molar-refractivity contribution >= 4 is 39.9 Å². The fourth-order valence-corrected chi connectivity index (χ4v) is 3.55. The van der Waals surface area contributed by atoms with Gasteiger partial charge in [-0.25, -0.2) is 9.18 Å². The fraction of sp³-hybridized carbons (Fsp3) is 0.118. The molecule has 3 rings (SSSR count). The lowest BCUT2D eigenvalue weighted by molar-refractivity contribution is 0.262. The number of anilines is 2. The highest BCUT2D eigenvalue weighted by molar-refractivity contribution is 7.98. The first-order chi connectivity index (χ1) is 12.1. The van der Waals surface area contributed by atoms with Gasteiger partial charge < -0.3 is 5.32 Å². The van der Waals surface area contributed by atoms with E-state index in [1.807, 2.05) is 6.92 Å². The molecule has 1 heterocycles. The first kappa shape index (κ1) is 17.4. The number of rotatable bonds is 5. The van der Waals surface area contributed by atoms with Gasteiger partial charge in [0.1, 0.15) is 10.8 Å². The molecule has 0 spiro atoms. The number of aryl methyl sites for hydroxylation is 1. The van der Waals surface area contributed by atoms with E-state index in [4.69, 9.17) is 0 Å². The first-order valence-electron chi connectivity index (χ1n) is 7.44. The van der Waals surface area contributed by atoms with Crippen LogP contribution in [0.4, 0.5) is 20.0 Å². The molecule has 128 valence electrons. The summed E-state index contributed by atoms with van der Waals surface area (Å²) < 4.78 is 12.8. The van der Waals surface area contributed by atoms with Crippen molar-refractivity contribution in [2.45, 2.75) is 17.6 Å². The van der Waals surface area contributed by atoms with Gasteiger partial charge in [-0.1, -0.05) is 29.0 Å². The van der Waals surface area contributed by atoms with Gasteiger partial charge in [0.25, 0.3) is 0 Å². The summed E-state index contributed by atoms with van der Waals surface area (Å²) in [5, 5.41) is 14.5. The van der Waals surface area contributed by atoms with Crippen LogP contribution in [0.2, 0.25) is 0 Å². The highest BCUT2D eigenvalue weighted by Gasteiger charge is 2.09. The summed E-state index contributed by atoms with van der Waals surface area (Å²) in [4.78, 5) is 13.1. The highest BCUT2D eigenvalue weighted by atomic mass is 32.2. The van der Waals surface area contributed by atoms with Gasteiger partial charge in [0.2, 0.25) is 5.13 Å². The third-order valence-electron chi connectivity index (χ3n) is 3.17. The number of carbonyl (C=O) groups is 1. The van der Waals surface area contributed by atoms with Crippen LogP contribution in [0.1, 0.15) is 10.6 Å². The number of aromatic nitrogens is 2. The highest BCUT2D eigenvalue weighted by Crippen LogP contribution is 2.26. The molecule has 2 aromatic carbocycles. The Morgan fingerprint density at radius 1 is 1.08 bits per heavy atom. The van der Waals surface area contributed by atoms with E-state index >= 15 is 0 Å². The smallest absolute Gasteiger partial charge is 0.308 e. The number of nitrogens with zero attached hydrogens (tertiary/aromatic N) is 2. The van der Waals surface area contributed by atoms with Gasteiger partial charge in [-0.2, -0.15) is 0 Å². The van der Waals surface area contributed by atoms with E-state index in [-0.39, 0.29) is 5.82 Å². The molecular weight excluding hydrogens is 359 g/mol. The summed E-state index contributed by atoms with van der Waals surface area (Å²) in [5.74, 6) is 0.327. The molecule has 0 fully saturated rings. The van der Waals surface area contributed by atoms with Crippen molar-refractivity contribution in [3.63, 3.8) is 0 Å². The molecule has 0 bridgehead atoms. The molecule has 1 aromatic heterocycles. The summed E-state index contributed by atoms with van der Waals surface area (Å²) in [5.41, 5.74) is 1.72. The zero-order chi connectivity index (χ0) is 17.6. The number of hydrogen-bond donors (Lipinski definition) is 2. The van der Waals surface area contributed by atoms with Crippen LogP contribution < -0.4 is 10.6 Å². The van der Waals surface area contributed by atoms with E-state index in [0.717, 1.165) is 9.90 Å². The first-order valence-corrected chi connectivity index (χ1v) is 9.24. The van der Waals surface area contributed by atoms with E-state index in [1.165, 1.54) is 41.2 Å². The normalized spacial score (nSPS) is 10.5. The Kier molecular flexibility index (Phi) is 5.62. The summed E-state index contributed by atoms with van der Waals surface area (Å²) in [7, 11) is 0. The molecule has 25 heavy (non-hydrogen) atoms. The third-order valence-corrected chi connectivity index (χ3v) is 5.22. The van der Waals surface area contributed by atoms with Crippen LogP contribution in [-0.4, -0.2) is 16.2 Å². The minimum Gasteiger partial charge on any atom is -0.308 e. The number of nitrogens with one attached hydrogen (secondary N) is 2. The van der Waals surface area contributed by atoms with E-state index < -0.39 is 6.03 Å². The van der Waals surface area contributed by atoms with Crippen LogP contribution >= 0.6 is 23.1 Å². The van der Waals surface area contributed by atoms with Gasteiger partial charge in [-0.3, -0.25) is 5.32 Å². The molecule has 0 saturated carbocycles. The second-order valence-corrected chi connectivity index (χ2v) is 7.30. The Morgan fingerprint density at radius 2 is 1.80 bits per heavy atom.